The Hall–Kier alpha value is 0.650. The quantitative estimate of drug-likeness (QED) is 0.302. The average Bonchev–Trinajstić information content (AvgIpc) is 1.97. The molecule has 0 saturated heterocycles. The van der Waals surface area contributed by atoms with Crippen LogP contribution in [0.3, 0.4) is 0 Å². The lowest BCUT2D eigenvalue weighted by Crippen LogP contribution is -1.89. The van der Waals surface area contributed by atoms with Crippen LogP contribution in [0.1, 0.15) is 39.0 Å². The van der Waals surface area contributed by atoms with E-state index in [1.54, 1.807) is 23.0 Å². The van der Waals surface area contributed by atoms with Crippen LogP contribution < -0.4 is 0 Å². The standard InChI is InChI=1S/C7H15IO2/c1-2-3-4-5-6-7-9-10-8/h2-7H2,1H3. The predicted molar refractivity (Wildman–Crippen MR) is 49.8 cm³/mol. The van der Waals surface area contributed by atoms with E-state index in [4.69, 9.17) is 4.89 Å². The molecule has 0 radical (unpaired) electrons. The molecule has 0 aromatic carbocycles. The summed E-state index contributed by atoms with van der Waals surface area (Å²) in [4.78, 5) is 4.70. The third kappa shape index (κ3) is 8.65. The minimum absolute atomic E-state index is 0.729. The molecule has 0 spiro atoms. The van der Waals surface area contributed by atoms with Gasteiger partial charge in [0.1, 0.15) is 0 Å². The molecule has 0 unspecified atom stereocenters. The lowest BCUT2D eigenvalue weighted by atomic mass is 10.2. The van der Waals surface area contributed by atoms with E-state index in [9.17, 15) is 0 Å². The van der Waals surface area contributed by atoms with Crippen molar-refractivity contribution < 1.29 is 8.10 Å². The van der Waals surface area contributed by atoms with Crippen LogP contribution in [0.4, 0.5) is 0 Å². The zero-order valence-corrected chi connectivity index (χ0v) is 8.59. The summed E-state index contributed by atoms with van der Waals surface area (Å²) < 4.78 is 4.42. The van der Waals surface area contributed by atoms with Gasteiger partial charge in [0.25, 0.3) is 0 Å². The Morgan fingerprint density at radius 2 is 1.80 bits per heavy atom. The van der Waals surface area contributed by atoms with Gasteiger partial charge in [-0.3, -0.25) is 0 Å². The topological polar surface area (TPSA) is 18.5 Å². The van der Waals surface area contributed by atoms with Gasteiger partial charge in [0.05, 0.1) is 6.61 Å². The largest absolute Gasteiger partial charge is 0.226 e. The Labute approximate surface area is 76.9 Å². The van der Waals surface area contributed by atoms with Gasteiger partial charge < -0.3 is 0 Å². The van der Waals surface area contributed by atoms with E-state index in [1.165, 1.54) is 25.7 Å². The first-order chi connectivity index (χ1) is 4.91. The summed E-state index contributed by atoms with van der Waals surface area (Å²) in [5.41, 5.74) is 0. The molecule has 0 rings (SSSR count). The summed E-state index contributed by atoms with van der Waals surface area (Å²) in [5, 5.41) is 0. The molecule has 0 amide bonds. The van der Waals surface area contributed by atoms with Gasteiger partial charge in [-0.15, -0.1) is 0 Å². The van der Waals surface area contributed by atoms with Crippen LogP contribution in [-0.4, -0.2) is 6.61 Å². The third-order valence-corrected chi connectivity index (χ3v) is 1.63. The van der Waals surface area contributed by atoms with Gasteiger partial charge in [-0.2, -0.15) is 3.22 Å². The molecule has 62 valence electrons. The van der Waals surface area contributed by atoms with Crippen molar-refractivity contribution in [1.29, 1.82) is 0 Å². The first-order valence-corrected chi connectivity index (χ1v) is 4.70. The smallest absolute Gasteiger partial charge is 0.155 e. The van der Waals surface area contributed by atoms with Crippen molar-refractivity contribution in [2.75, 3.05) is 6.61 Å². The van der Waals surface area contributed by atoms with Crippen LogP contribution in [0.5, 0.6) is 0 Å². The number of hydrogen-bond donors (Lipinski definition) is 0. The molecule has 0 heterocycles. The van der Waals surface area contributed by atoms with Crippen molar-refractivity contribution in [3.8, 4) is 0 Å². The fourth-order valence-electron chi connectivity index (χ4n) is 0.796. The van der Waals surface area contributed by atoms with Crippen molar-refractivity contribution in [2.24, 2.45) is 0 Å². The van der Waals surface area contributed by atoms with E-state index in [2.05, 4.69) is 10.1 Å². The van der Waals surface area contributed by atoms with Gasteiger partial charge in [0, 0.05) is 0 Å². The molecule has 0 aliphatic rings. The Morgan fingerprint density at radius 3 is 2.40 bits per heavy atom. The van der Waals surface area contributed by atoms with Crippen LogP contribution in [0.2, 0.25) is 0 Å². The molecular formula is C7H15IO2. The normalized spacial score (nSPS) is 10.2. The molecule has 0 aliphatic heterocycles. The van der Waals surface area contributed by atoms with Gasteiger partial charge in [0.2, 0.25) is 0 Å². The highest BCUT2D eigenvalue weighted by Gasteiger charge is 1.88. The molecule has 0 saturated carbocycles. The summed E-state index contributed by atoms with van der Waals surface area (Å²) in [6.07, 6.45) is 6.33. The van der Waals surface area contributed by atoms with E-state index in [0.717, 1.165) is 13.0 Å². The molecule has 0 bridgehead atoms. The second kappa shape index (κ2) is 9.65. The number of halogens is 1. The van der Waals surface area contributed by atoms with Crippen LogP contribution >= 0.6 is 23.0 Å². The lowest BCUT2D eigenvalue weighted by Gasteiger charge is -1.97. The van der Waals surface area contributed by atoms with Gasteiger partial charge in [-0.1, -0.05) is 32.6 Å². The Morgan fingerprint density at radius 1 is 1.10 bits per heavy atom. The highest BCUT2D eigenvalue weighted by molar-refractivity contribution is 14.1. The number of hydrogen-bond acceptors (Lipinski definition) is 2. The summed E-state index contributed by atoms with van der Waals surface area (Å²) >= 11 is 1.73. The molecule has 0 aromatic rings. The molecule has 0 aromatic heterocycles. The van der Waals surface area contributed by atoms with Crippen LogP contribution in [-0.2, 0) is 8.10 Å². The maximum absolute atomic E-state index is 4.70. The molecule has 0 atom stereocenters. The molecular weight excluding hydrogens is 243 g/mol. The zero-order chi connectivity index (χ0) is 7.66. The van der Waals surface area contributed by atoms with Crippen molar-refractivity contribution in [3.05, 3.63) is 0 Å². The van der Waals surface area contributed by atoms with Gasteiger partial charge in [-0.25, -0.2) is 4.89 Å². The van der Waals surface area contributed by atoms with Crippen LogP contribution in [0.15, 0.2) is 0 Å². The number of unbranched alkanes of at least 4 members (excludes halogenated alkanes) is 4. The maximum Gasteiger partial charge on any atom is 0.155 e. The first kappa shape index (κ1) is 10.7. The molecule has 0 fully saturated rings. The Bertz CT molecular complexity index is 51.6. The summed E-state index contributed by atoms with van der Waals surface area (Å²) in [5.74, 6) is 0. The fraction of sp³-hybridized carbons (Fsp3) is 1.00. The second-order valence-corrected chi connectivity index (χ2v) is 2.66. The highest BCUT2D eigenvalue weighted by Crippen LogP contribution is 2.02. The lowest BCUT2D eigenvalue weighted by molar-refractivity contribution is -0.166. The molecule has 3 heteroatoms. The highest BCUT2D eigenvalue weighted by atomic mass is 127. The summed E-state index contributed by atoms with van der Waals surface area (Å²) in [6.45, 7) is 2.94. The van der Waals surface area contributed by atoms with E-state index in [-0.39, 0.29) is 0 Å². The average molecular weight is 258 g/mol. The molecule has 2 nitrogen and oxygen atoms in total. The Balaban J connectivity index is 2.65. The minimum Gasteiger partial charge on any atom is -0.226 e. The fourth-order valence-corrected chi connectivity index (χ4v) is 0.976. The molecule has 0 aliphatic carbocycles. The van der Waals surface area contributed by atoms with Crippen molar-refractivity contribution in [3.63, 3.8) is 0 Å². The van der Waals surface area contributed by atoms with Crippen LogP contribution in [0, 0.1) is 0 Å². The van der Waals surface area contributed by atoms with Gasteiger partial charge >= 0.3 is 0 Å². The van der Waals surface area contributed by atoms with Gasteiger partial charge in [-0.05, 0) is 6.42 Å². The van der Waals surface area contributed by atoms with Crippen LogP contribution in [0.25, 0.3) is 0 Å². The summed E-state index contributed by atoms with van der Waals surface area (Å²) in [7, 11) is 0. The van der Waals surface area contributed by atoms with Gasteiger partial charge in [0.15, 0.2) is 23.0 Å². The zero-order valence-electron chi connectivity index (χ0n) is 6.44. The molecule has 0 N–H and O–H groups in total. The number of rotatable bonds is 7. The predicted octanol–water partition coefficient (Wildman–Crippen LogP) is 3.26. The van der Waals surface area contributed by atoms with Crippen molar-refractivity contribution in [1.82, 2.24) is 0 Å². The monoisotopic (exact) mass is 258 g/mol. The van der Waals surface area contributed by atoms with E-state index < -0.39 is 0 Å². The van der Waals surface area contributed by atoms with E-state index in [1.807, 2.05) is 0 Å². The molecule has 10 heavy (non-hydrogen) atoms. The second-order valence-electron chi connectivity index (χ2n) is 2.30. The SMILES string of the molecule is CCCCCCCOOI. The van der Waals surface area contributed by atoms with E-state index in [0.29, 0.717) is 0 Å². The van der Waals surface area contributed by atoms with E-state index >= 15 is 0 Å². The third-order valence-electron chi connectivity index (χ3n) is 1.38. The Kier molecular flexibility index (Phi) is 10.3. The van der Waals surface area contributed by atoms with Crippen molar-refractivity contribution in [2.45, 2.75) is 39.0 Å². The maximum atomic E-state index is 4.70. The summed E-state index contributed by atoms with van der Waals surface area (Å²) in [6, 6.07) is 0. The van der Waals surface area contributed by atoms with Crippen molar-refractivity contribution >= 4 is 23.0 Å². The first-order valence-electron chi connectivity index (χ1n) is 3.82. The minimum atomic E-state index is 0.729.